The molecule has 0 fully saturated rings. The summed E-state index contributed by atoms with van der Waals surface area (Å²) in [6.07, 6.45) is 1.64. The van der Waals surface area contributed by atoms with E-state index in [1.807, 2.05) is 18.4 Å². The Bertz CT molecular complexity index is 735. The first kappa shape index (κ1) is 17.3. The van der Waals surface area contributed by atoms with Crippen LogP contribution in [0.5, 0.6) is 0 Å². The van der Waals surface area contributed by atoms with E-state index in [4.69, 9.17) is 4.74 Å². The minimum Gasteiger partial charge on any atom is -0.465 e. The Morgan fingerprint density at radius 2 is 2.13 bits per heavy atom. The molecule has 0 aromatic carbocycles. The standard InChI is InChI=1S/C15H20N4O3S/c1-6-19-7-16-18-15(19)23-10(4)13(20)12-8(2)11(9(3)17-12)14(21)22-5/h7,10,17H,6H2,1-5H3/t10-/m1/s1. The number of thioether (sulfide) groups is 1. The number of rotatable bonds is 6. The minimum atomic E-state index is -0.443. The van der Waals surface area contributed by atoms with E-state index < -0.39 is 5.97 Å². The summed E-state index contributed by atoms with van der Waals surface area (Å²) in [5, 5.41) is 8.23. The van der Waals surface area contributed by atoms with Gasteiger partial charge in [-0.15, -0.1) is 10.2 Å². The van der Waals surface area contributed by atoms with E-state index in [1.54, 1.807) is 20.2 Å². The number of ketones is 1. The number of Topliss-reactive ketones (excluding diaryl/α,β-unsaturated/α-hetero) is 1. The maximum absolute atomic E-state index is 12.7. The number of ether oxygens (including phenoxy) is 1. The number of carbonyl (C=O) groups excluding carboxylic acids is 2. The first-order valence-electron chi connectivity index (χ1n) is 7.26. The van der Waals surface area contributed by atoms with Crippen molar-refractivity contribution in [1.82, 2.24) is 19.7 Å². The summed E-state index contributed by atoms with van der Waals surface area (Å²) in [6.45, 7) is 8.04. The number of hydrogen-bond donors (Lipinski definition) is 1. The molecule has 0 aliphatic heterocycles. The van der Waals surface area contributed by atoms with Gasteiger partial charge in [-0.25, -0.2) is 4.79 Å². The zero-order valence-electron chi connectivity index (χ0n) is 13.8. The lowest BCUT2D eigenvalue weighted by molar-refractivity contribution is 0.0599. The van der Waals surface area contributed by atoms with Crippen LogP contribution in [0.4, 0.5) is 0 Å². The van der Waals surface area contributed by atoms with E-state index in [2.05, 4.69) is 15.2 Å². The average molecular weight is 336 g/mol. The molecular weight excluding hydrogens is 316 g/mol. The van der Waals surface area contributed by atoms with Gasteiger partial charge in [-0.2, -0.15) is 0 Å². The van der Waals surface area contributed by atoms with Crippen molar-refractivity contribution in [2.75, 3.05) is 7.11 Å². The van der Waals surface area contributed by atoms with E-state index in [1.165, 1.54) is 18.9 Å². The van der Waals surface area contributed by atoms with Crippen molar-refractivity contribution < 1.29 is 14.3 Å². The predicted octanol–water partition coefficient (Wildman–Crippen LogP) is 2.39. The largest absolute Gasteiger partial charge is 0.465 e. The van der Waals surface area contributed by atoms with E-state index in [9.17, 15) is 9.59 Å². The van der Waals surface area contributed by atoms with Crippen molar-refractivity contribution in [3.05, 3.63) is 28.8 Å². The van der Waals surface area contributed by atoms with Gasteiger partial charge in [-0.1, -0.05) is 11.8 Å². The summed E-state index contributed by atoms with van der Waals surface area (Å²) in [5.41, 5.74) is 2.10. The molecular formula is C15H20N4O3S. The van der Waals surface area contributed by atoms with Gasteiger partial charge < -0.3 is 14.3 Å². The summed E-state index contributed by atoms with van der Waals surface area (Å²) in [4.78, 5) is 27.5. The maximum atomic E-state index is 12.7. The van der Waals surface area contributed by atoms with E-state index in [0.717, 1.165) is 6.54 Å². The second-order valence-electron chi connectivity index (χ2n) is 5.14. The number of nitrogens with zero attached hydrogens (tertiary/aromatic N) is 3. The van der Waals surface area contributed by atoms with Crippen LogP contribution in [-0.2, 0) is 11.3 Å². The zero-order chi connectivity index (χ0) is 17.1. The fraction of sp³-hybridized carbons (Fsp3) is 0.467. The third-order valence-corrected chi connectivity index (χ3v) is 4.74. The molecule has 0 aliphatic carbocycles. The van der Waals surface area contributed by atoms with Crippen LogP contribution in [0.2, 0.25) is 0 Å². The molecule has 1 N–H and O–H groups in total. The molecule has 124 valence electrons. The quantitative estimate of drug-likeness (QED) is 0.495. The summed E-state index contributed by atoms with van der Waals surface area (Å²) in [6, 6.07) is 0. The summed E-state index contributed by atoms with van der Waals surface area (Å²) >= 11 is 1.35. The number of aryl methyl sites for hydroxylation is 2. The highest BCUT2D eigenvalue weighted by molar-refractivity contribution is 8.00. The van der Waals surface area contributed by atoms with Gasteiger partial charge in [0.2, 0.25) is 0 Å². The zero-order valence-corrected chi connectivity index (χ0v) is 14.7. The Labute approximate surface area is 138 Å². The van der Waals surface area contributed by atoms with Crippen LogP contribution < -0.4 is 0 Å². The van der Waals surface area contributed by atoms with Crippen molar-refractivity contribution in [2.24, 2.45) is 0 Å². The number of aromatic nitrogens is 4. The topological polar surface area (TPSA) is 89.9 Å². The Balaban J connectivity index is 2.25. The number of esters is 1. The van der Waals surface area contributed by atoms with E-state index in [-0.39, 0.29) is 11.0 Å². The Morgan fingerprint density at radius 3 is 2.74 bits per heavy atom. The molecule has 7 nitrogen and oxygen atoms in total. The van der Waals surface area contributed by atoms with Gasteiger partial charge >= 0.3 is 5.97 Å². The number of H-pyrrole nitrogens is 1. The first-order chi connectivity index (χ1) is 10.9. The fourth-order valence-corrected chi connectivity index (χ4v) is 3.32. The second kappa shape index (κ2) is 6.99. The van der Waals surface area contributed by atoms with Gasteiger partial charge in [0.25, 0.3) is 0 Å². The highest BCUT2D eigenvalue weighted by atomic mass is 32.2. The van der Waals surface area contributed by atoms with E-state index in [0.29, 0.717) is 27.7 Å². The maximum Gasteiger partial charge on any atom is 0.339 e. The van der Waals surface area contributed by atoms with Crippen LogP contribution in [0, 0.1) is 13.8 Å². The SMILES string of the molecule is CCn1cnnc1S[C@H](C)C(=O)c1[nH]c(C)c(C(=O)OC)c1C. The normalized spacial score (nSPS) is 12.2. The molecule has 0 unspecified atom stereocenters. The third kappa shape index (κ3) is 3.31. The molecule has 0 radical (unpaired) electrons. The molecule has 1 atom stereocenters. The predicted molar refractivity (Wildman–Crippen MR) is 87.0 cm³/mol. The van der Waals surface area contributed by atoms with Crippen LogP contribution in [-0.4, -0.2) is 43.9 Å². The van der Waals surface area contributed by atoms with Gasteiger partial charge in [-0.3, -0.25) is 4.79 Å². The van der Waals surface area contributed by atoms with Crippen LogP contribution >= 0.6 is 11.8 Å². The second-order valence-corrected chi connectivity index (χ2v) is 6.45. The van der Waals surface area contributed by atoms with Crippen molar-refractivity contribution in [3.63, 3.8) is 0 Å². The monoisotopic (exact) mass is 336 g/mol. The molecule has 2 aromatic heterocycles. The lowest BCUT2D eigenvalue weighted by Gasteiger charge is -2.10. The number of nitrogens with one attached hydrogen (secondary N) is 1. The van der Waals surface area contributed by atoms with Crippen LogP contribution in [0.1, 0.15) is 46.0 Å². The molecule has 0 saturated carbocycles. The highest BCUT2D eigenvalue weighted by Gasteiger charge is 2.26. The molecule has 0 spiro atoms. The van der Waals surface area contributed by atoms with Gasteiger partial charge in [0.1, 0.15) is 6.33 Å². The Hall–Kier alpha value is -2.09. The molecule has 8 heteroatoms. The molecule has 2 heterocycles. The van der Waals surface area contributed by atoms with E-state index >= 15 is 0 Å². The van der Waals surface area contributed by atoms with Crippen molar-refractivity contribution >= 4 is 23.5 Å². The van der Waals surface area contributed by atoms with Crippen molar-refractivity contribution in [1.29, 1.82) is 0 Å². The highest BCUT2D eigenvalue weighted by Crippen LogP contribution is 2.26. The van der Waals surface area contributed by atoms with Crippen LogP contribution in [0.25, 0.3) is 0 Å². The van der Waals surface area contributed by atoms with Gasteiger partial charge in [0.05, 0.1) is 23.6 Å². The van der Waals surface area contributed by atoms with Crippen LogP contribution in [0.15, 0.2) is 11.5 Å². The number of hydrogen-bond acceptors (Lipinski definition) is 6. The number of methoxy groups -OCH3 is 1. The Kier molecular flexibility index (Phi) is 5.25. The molecule has 0 bridgehead atoms. The fourth-order valence-electron chi connectivity index (χ4n) is 2.37. The lowest BCUT2D eigenvalue weighted by Crippen LogP contribution is -2.16. The van der Waals surface area contributed by atoms with Crippen LogP contribution in [0.3, 0.4) is 0 Å². The summed E-state index contributed by atoms with van der Waals surface area (Å²) in [7, 11) is 1.33. The molecule has 0 aliphatic rings. The average Bonchev–Trinajstić information content (AvgIpc) is 3.09. The number of aromatic amines is 1. The Morgan fingerprint density at radius 1 is 1.43 bits per heavy atom. The smallest absolute Gasteiger partial charge is 0.339 e. The third-order valence-electron chi connectivity index (χ3n) is 3.65. The molecule has 23 heavy (non-hydrogen) atoms. The van der Waals surface area contributed by atoms with Gasteiger partial charge in [0, 0.05) is 12.2 Å². The summed E-state index contributed by atoms with van der Waals surface area (Å²) in [5.74, 6) is -0.530. The molecule has 0 saturated heterocycles. The number of carbonyl (C=O) groups is 2. The minimum absolute atomic E-state index is 0.0867. The molecule has 0 amide bonds. The molecule has 2 aromatic rings. The van der Waals surface area contributed by atoms with Gasteiger partial charge in [-0.05, 0) is 33.3 Å². The first-order valence-corrected chi connectivity index (χ1v) is 8.14. The van der Waals surface area contributed by atoms with Crippen molar-refractivity contribution in [3.8, 4) is 0 Å². The van der Waals surface area contributed by atoms with Gasteiger partial charge in [0.15, 0.2) is 10.9 Å². The lowest BCUT2D eigenvalue weighted by atomic mass is 10.1. The van der Waals surface area contributed by atoms with Crippen molar-refractivity contribution in [2.45, 2.75) is 44.6 Å². The molecule has 2 rings (SSSR count). The summed E-state index contributed by atoms with van der Waals surface area (Å²) < 4.78 is 6.65.